The van der Waals surface area contributed by atoms with Crippen molar-refractivity contribution in [3.05, 3.63) is 42.6 Å². The summed E-state index contributed by atoms with van der Waals surface area (Å²) in [6, 6.07) is 11.4. The second-order valence-corrected chi connectivity index (χ2v) is 3.68. The lowest BCUT2D eigenvalue weighted by Crippen LogP contribution is -2.05. The van der Waals surface area contributed by atoms with E-state index < -0.39 is 0 Å². The maximum Gasteiger partial charge on any atom is 0.157 e. The second-order valence-electron chi connectivity index (χ2n) is 3.68. The number of aromatic amines is 1. The van der Waals surface area contributed by atoms with E-state index in [0.717, 1.165) is 28.2 Å². The number of nitrogens with zero attached hydrogens (tertiary/aromatic N) is 2. The molecule has 0 saturated carbocycles. The van der Waals surface area contributed by atoms with Crippen LogP contribution in [0.4, 0.5) is 5.69 Å². The van der Waals surface area contributed by atoms with E-state index in [4.69, 9.17) is 5.84 Å². The summed E-state index contributed by atoms with van der Waals surface area (Å²) in [4.78, 5) is 11.9. The number of imidazole rings is 1. The van der Waals surface area contributed by atoms with Gasteiger partial charge in [-0.3, -0.25) is 10.8 Å². The average Bonchev–Trinajstić information content (AvgIpc) is 2.82. The van der Waals surface area contributed by atoms with Gasteiger partial charge in [-0.25, -0.2) is 4.98 Å². The van der Waals surface area contributed by atoms with Gasteiger partial charge in [-0.15, -0.1) is 0 Å². The molecule has 0 spiro atoms. The number of hydrogen-bond acceptors (Lipinski definition) is 4. The fourth-order valence-electron chi connectivity index (χ4n) is 1.72. The Kier molecular flexibility index (Phi) is 2.23. The zero-order chi connectivity index (χ0) is 11.7. The molecule has 0 aliphatic heterocycles. The van der Waals surface area contributed by atoms with Crippen molar-refractivity contribution in [3.8, 4) is 11.5 Å². The van der Waals surface area contributed by atoms with Gasteiger partial charge in [-0.1, -0.05) is 6.07 Å². The van der Waals surface area contributed by atoms with Gasteiger partial charge >= 0.3 is 0 Å². The molecule has 3 rings (SSSR count). The van der Waals surface area contributed by atoms with Gasteiger partial charge in [0, 0.05) is 6.20 Å². The van der Waals surface area contributed by atoms with Gasteiger partial charge in [0.1, 0.15) is 5.69 Å². The zero-order valence-electron chi connectivity index (χ0n) is 9.01. The minimum Gasteiger partial charge on any atom is -0.337 e. The predicted octanol–water partition coefficient (Wildman–Crippen LogP) is 1.91. The number of hydrogen-bond donors (Lipinski definition) is 3. The van der Waals surface area contributed by atoms with Crippen molar-refractivity contribution in [2.24, 2.45) is 5.84 Å². The van der Waals surface area contributed by atoms with Crippen LogP contribution in [0.2, 0.25) is 0 Å². The standard InChI is InChI=1S/C12H11N5/c13-17-8-4-5-9-11(7-8)16-12(15-9)10-3-1-2-6-14-10/h1-7,17H,13H2,(H,15,16). The van der Waals surface area contributed by atoms with Crippen LogP contribution in [-0.4, -0.2) is 15.0 Å². The molecule has 4 N–H and O–H groups in total. The Morgan fingerprint density at radius 1 is 1.18 bits per heavy atom. The van der Waals surface area contributed by atoms with Gasteiger partial charge < -0.3 is 10.4 Å². The number of nitrogens with one attached hydrogen (secondary N) is 2. The van der Waals surface area contributed by atoms with E-state index in [1.165, 1.54) is 0 Å². The fourth-order valence-corrected chi connectivity index (χ4v) is 1.72. The van der Waals surface area contributed by atoms with E-state index in [1.54, 1.807) is 6.20 Å². The molecule has 0 bridgehead atoms. The Balaban J connectivity index is 2.14. The second kappa shape index (κ2) is 3.88. The first-order valence-electron chi connectivity index (χ1n) is 5.24. The Labute approximate surface area is 97.7 Å². The summed E-state index contributed by atoms with van der Waals surface area (Å²) in [6.07, 6.45) is 1.75. The van der Waals surface area contributed by atoms with E-state index in [1.807, 2.05) is 36.4 Å². The van der Waals surface area contributed by atoms with Crippen molar-refractivity contribution in [2.45, 2.75) is 0 Å². The van der Waals surface area contributed by atoms with Crippen LogP contribution in [0.3, 0.4) is 0 Å². The zero-order valence-corrected chi connectivity index (χ0v) is 9.01. The molecule has 0 fully saturated rings. The fraction of sp³-hybridized carbons (Fsp3) is 0. The summed E-state index contributed by atoms with van der Waals surface area (Å²) < 4.78 is 0. The van der Waals surface area contributed by atoms with Crippen molar-refractivity contribution >= 4 is 16.7 Å². The molecule has 5 heteroatoms. The third-order valence-corrected chi connectivity index (χ3v) is 2.56. The van der Waals surface area contributed by atoms with Gasteiger partial charge in [0.25, 0.3) is 0 Å². The van der Waals surface area contributed by atoms with Crippen LogP contribution in [-0.2, 0) is 0 Å². The van der Waals surface area contributed by atoms with Crippen molar-refractivity contribution in [1.82, 2.24) is 15.0 Å². The summed E-state index contributed by atoms with van der Waals surface area (Å²) in [5, 5.41) is 0. The van der Waals surface area contributed by atoms with Crippen molar-refractivity contribution in [1.29, 1.82) is 0 Å². The quantitative estimate of drug-likeness (QED) is 0.459. The SMILES string of the molecule is NNc1ccc2nc(-c3ccccn3)[nH]c2c1. The first kappa shape index (κ1) is 9.80. The number of pyridine rings is 1. The Bertz CT molecular complexity index is 644. The lowest BCUT2D eigenvalue weighted by atomic mass is 10.3. The highest BCUT2D eigenvalue weighted by Crippen LogP contribution is 2.20. The molecule has 1 aromatic carbocycles. The molecule has 3 aromatic rings. The molecule has 0 aliphatic carbocycles. The molecular formula is C12H11N5. The molecule has 2 aromatic heterocycles. The minimum atomic E-state index is 0.759. The number of anilines is 1. The molecule has 5 nitrogen and oxygen atoms in total. The summed E-state index contributed by atoms with van der Waals surface area (Å²) >= 11 is 0. The lowest BCUT2D eigenvalue weighted by Gasteiger charge is -1.96. The summed E-state index contributed by atoms with van der Waals surface area (Å²) in [6.45, 7) is 0. The molecule has 0 atom stereocenters. The van der Waals surface area contributed by atoms with Crippen molar-refractivity contribution in [2.75, 3.05) is 5.43 Å². The summed E-state index contributed by atoms with van der Waals surface area (Å²) in [7, 11) is 0. The molecule has 0 saturated heterocycles. The molecule has 17 heavy (non-hydrogen) atoms. The van der Waals surface area contributed by atoms with Gasteiger partial charge in [0.15, 0.2) is 5.82 Å². The summed E-state index contributed by atoms with van der Waals surface area (Å²) in [5.74, 6) is 6.12. The molecular weight excluding hydrogens is 214 g/mol. The smallest absolute Gasteiger partial charge is 0.157 e. The number of nitrogen functional groups attached to an aromatic ring is 1. The first-order valence-corrected chi connectivity index (χ1v) is 5.24. The third kappa shape index (κ3) is 1.72. The highest BCUT2D eigenvalue weighted by atomic mass is 15.2. The number of hydrazine groups is 1. The lowest BCUT2D eigenvalue weighted by molar-refractivity contribution is 1.24. The maximum atomic E-state index is 5.36. The van der Waals surface area contributed by atoms with E-state index >= 15 is 0 Å². The van der Waals surface area contributed by atoms with Gasteiger partial charge in [-0.2, -0.15) is 0 Å². The van der Waals surface area contributed by atoms with Crippen LogP contribution in [0.5, 0.6) is 0 Å². The number of aromatic nitrogens is 3. The van der Waals surface area contributed by atoms with E-state index in [-0.39, 0.29) is 0 Å². The topological polar surface area (TPSA) is 79.6 Å². The molecule has 0 radical (unpaired) electrons. The van der Waals surface area contributed by atoms with E-state index in [0.29, 0.717) is 0 Å². The molecule has 0 unspecified atom stereocenters. The Hall–Kier alpha value is -2.40. The monoisotopic (exact) mass is 225 g/mol. The highest BCUT2D eigenvalue weighted by molar-refractivity contribution is 5.82. The minimum absolute atomic E-state index is 0.759. The predicted molar refractivity (Wildman–Crippen MR) is 67.1 cm³/mol. The third-order valence-electron chi connectivity index (χ3n) is 2.56. The Morgan fingerprint density at radius 2 is 2.12 bits per heavy atom. The molecule has 2 heterocycles. The van der Waals surface area contributed by atoms with Crippen LogP contribution >= 0.6 is 0 Å². The van der Waals surface area contributed by atoms with Crippen LogP contribution < -0.4 is 11.3 Å². The van der Waals surface area contributed by atoms with E-state index in [9.17, 15) is 0 Å². The van der Waals surface area contributed by atoms with Crippen LogP contribution in [0.15, 0.2) is 42.6 Å². The maximum absolute atomic E-state index is 5.36. The Morgan fingerprint density at radius 3 is 2.88 bits per heavy atom. The number of nitrogens with two attached hydrogens (primary N) is 1. The highest BCUT2D eigenvalue weighted by Gasteiger charge is 2.05. The summed E-state index contributed by atoms with van der Waals surface area (Å²) in [5.41, 5.74) is 6.10. The van der Waals surface area contributed by atoms with Crippen molar-refractivity contribution < 1.29 is 0 Å². The molecule has 0 aliphatic rings. The van der Waals surface area contributed by atoms with Crippen LogP contribution in [0.25, 0.3) is 22.6 Å². The molecule has 0 amide bonds. The van der Waals surface area contributed by atoms with Gasteiger partial charge in [0.05, 0.1) is 16.7 Å². The van der Waals surface area contributed by atoms with Gasteiger partial charge in [0.2, 0.25) is 0 Å². The van der Waals surface area contributed by atoms with Crippen LogP contribution in [0.1, 0.15) is 0 Å². The first-order chi connectivity index (χ1) is 8.36. The number of H-pyrrole nitrogens is 1. The molecule has 84 valence electrons. The van der Waals surface area contributed by atoms with Gasteiger partial charge in [-0.05, 0) is 30.3 Å². The number of benzene rings is 1. The largest absolute Gasteiger partial charge is 0.337 e. The average molecular weight is 225 g/mol. The number of rotatable bonds is 2. The van der Waals surface area contributed by atoms with Crippen molar-refractivity contribution in [3.63, 3.8) is 0 Å². The number of fused-ring (bicyclic) bond motifs is 1. The van der Waals surface area contributed by atoms with E-state index in [2.05, 4.69) is 20.4 Å². The normalized spacial score (nSPS) is 10.6. The van der Waals surface area contributed by atoms with Crippen LogP contribution in [0, 0.1) is 0 Å².